The summed E-state index contributed by atoms with van der Waals surface area (Å²) in [5, 5.41) is 0. The van der Waals surface area contributed by atoms with E-state index in [0.29, 0.717) is 24.5 Å². The van der Waals surface area contributed by atoms with E-state index in [1.54, 1.807) is 48.7 Å². The molecule has 27 heavy (non-hydrogen) atoms. The van der Waals surface area contributed by atoms with E-state index in [-0.39, 0.29) is 17.3 Å². The van der Waals surface area contributed by atoms with Crippen molar-refractivity contribution in [2.24, 2.45) is 0 Å². The van der Waals surface area contributed by atoms with Crippen LogP contribution in [0.3, 0.4) is 0 Å². The summed E-state index contributed by atoms with van der Waals surface area (Å²) in [6, 6.07) is 13.7. The molecular formula is C20H19NO5S. The number of carbonyl (C=O) groups is 1. The van der Waals surface area contributed by atoms with E-state index < -0.39 is 9.84 Å². The summed E-state index contributed by atoms with van der Waals surface area (Å²) in [7, 11) is -3.23. The zero-order valence-electron chi connectivity index (χ0n) is 14.8. The third kappa shape index (κ3) is 5.27. The summed E-state index contributed by atoms with van der Waals surface area (Å²) in [6.45, 7) is 0. The molecule has 0 saturated carbocycles. The van der Waals surface area contributed by atoms with Crippen LogP contribution in [0.25, 0.3) is 11.1 Å². The first-order chi connectivity index (χ1) is 12.9. The molecule has 0 bridgehead atoms. The lowest BCUT2D eigenvalue weighted by molar-refractivity contribution is -0.134. The van der Waals surface area contributed by atoms with Gasteiger partial charge in [0.1, 0.15) is 12.0 Å². The van der Waals surface area contributed by atoms with E-state index in [2.05, 4.69) is 4.98 Å². The number of rotatable bonds is 7. The van der Waals surface area contributed by atoms with E-state index in [9.17, 15) is 13.2 Å². The average Bonchev–Trinajstić information content (AvgIpc) is 3.15. The number of hydrogen-bond donors (Lipinski definition) is 0. The van der Waals surface area contributed by atoms with Gasteiger partial charge in [-0.1, -0.05) is 24.3 Å². The number of oxazole rings is 1. The second kappa shape index (κ2) is 8.18. The van der Waals surface area contributed by atoms with Gasteiger partial charge in [0, 0.05) is 19.1 Å². The van der Waals surface area contributed by atoms with Crippen molar-refractivity contribution in [2.75, 3.05) is 6.26 Å². The lowest BCUT2D eigenvalue weighted by Gasteiger charge is -2.07. The van der Waals surface area contributed by atoms with E-state index in [1.165, 1.54) is 12.5 Å². The van der Waals surface area contributed by atoms with E-state index in [4.69, 9.17) is 9.15 Å². The van der Waals surface area contributed by atoms with Gasteiger partial charge in [0.05, 0.1) is 11.1 Å². The van der Waals surface area contributed by atoms with Gasteiger partial charge in [0.15, 0.2) is 15.7 Å². The van der Waals surface area contributed by atoms with Crippen molar-refractivity contribution in [1.82, 2.24) is 4.98 Å². The molecule has 7 heteroatoms. The molecule has 0 fully saturated rings. The number of aromatic nitrogens is 1. The van der Waals surface area contributed by atoms with Gasteiger partial charge in [-0.05, 0) is 41.8 Å². The van der Waals surface area contributed by atoms with Gasteiger partial charge in [-0.15, -0.1) is 0 Å². The van der Waals surface area contributed by atoms with Crippen LogP contribution in [0.15, 0.2) is 70.3 Å². The first kappa shape index (κ1) is 18.8. The second-order valence-electron chi connectivity index (χ2n) is 6.08. The normalized spacial score (nSPS) is 11.3. The molecule has 0 aliphatic rings. The molecule has 140 valence electrons. The summed E-state index contributed by atoms with van der Waals surface area (Å²) >= 11 is 0. The molecule has 0 saturated heterocycles. The van der Waals surface area contributed by atoms with Gasteiger partial charge < -0.3 is 9.15 Å². The Balaban J connectivity index is 1.62. The monoisotopic (exact) mass is 385 g/mol. The molecule has 1 heterocycles. The summed E-state index contributed by atoms with van der Waals surface area (Å²) < 4.78 is 33.6. The Kier molecular flexibility index (Phi) is 5.71. The van der Waals surface area contributed by atoms with Crippen LogP contribution in [0, 0.1) is 0 Å². The summed E-state index contributed by atoms with van der Waals surface area (Å²) in [6.07, 6.45) is 5.67. The van der Waals surface area contributed by atoms with Crippen LogP contribution < -0.4 is 4.74 Å². The number of carbonyl (C=O) groups excluding carboxylic acids is 1. The minimum Gasteiger partial charge on any atom is -0.449 e. The van der Waals surface area contributed by atoms with Crippen LogP contribution >= 0.6 is 0 Å². The van der Waals surface area contributed by atoms with Crippen molar-refractivity contribution < 1.29 is 22.4 Å². The van der Waals surface area contributed by atoms with Crippen LogP contribution in [0.5, 0.6) is 5.75 Å². The Bertz CT molecular complexity index is 1010. The summed E-state index contributed by atoms with van der Waals surface area (Å²) in [4.78, 5) is 16.3. The summed E-state index contributed by atoms with van der Waals surface area (Å²) in [5.41, 5.74) is 1.67. The Morgan fingerprint density at radius 3 is 2.56 bits per heavy atom. The third-order valence-electron chi connectivity index (χ3n) is 3.94. The van der Waals surface area contributed by atoms with Gasteiger partial charge in [0.25, 0.3) is 0 Å². The molecule has 6 nitrogen and oxygen atoms in total. The molecule has 0 unspecified atom stereocenters. The molecular weight excluding hydrogens is 366 g/mol. The number of nitrogens with zero attached hydrogens (tertiary/aromatic N) is 1. The topological polar surface area (TPSA) is 86.5 Å². The molecule has 3 rings (SSSR count). The van der Waals surface area contributed by atoms with Gasteiger partial charge in [-0.3, -0.25) is 4.79 Å². The highest BCUT2D eigenvalue weighted by molar-refractivity contribution is 7.90. The standard InChI is InChI=1S/C20H19NO5S/c1-27(23,24)18-10-8-15(9-11-18)16-4-2-5-17(14-16)26-20(22)7-3-6-19-21-12-13-25-19/h2,4-5,8-14H,3,6-7H2,1H3. The van der Waals surface area contributed by atoms with Gasteiger partial charge in [-0.25, -0.2) is 13.4 Å². The fraction of sp³-hybridized carbons (Fsp3) is 0.200. The smallest absolute Gasteiger partial charge is 0.311 e. The Morgan fingerprint density at radius 1 is 1.11 bits per heavy atom. The van der Waals surface area contributed by atoms with Crippen LogP contribution in [0.4, 0.5) is 0 Å². The maximum Gasteiger partial charge on any atom is 0.311 e. The van der Waals surface area contributed by atoms with Crippen molar-refractivity contribution in [3.05, 3.63) is 66.9 Å². The number of benzene rings is 2. The fourth-order valence-corrected chi connectivity index (χ4v) is 3.21. The maximum absolute atomic E-state index is 12.0. The number of esters is 1. The van der Waals surface area contributed by atoms with Crippen LogP contribution in [0.2, 0.25) is 0 Å². The minimum atomic E-state index is -3.23. The molecule has 0 aliphatic carbocycles. The summed E-state index contributed by atoms with van der Waals surface area (Å²) in [5.74, 6) is 0.717. The fourth-order valence-electron chi connectivity index (χ4n) is 2.58. The first-order valence-electron chi connectivity index (χ1n) is 8.41. The number of ether oxygens (including phenoxy) is 1. The second-order valence-corrected chi connectivity index (χ2v) is 8.09. The van der Waals surface area contributed by atoms with Crippen molar-refractivity contribution in [3.63, 3.8) is 0 Å². The predicted molar refractivity (Wildman–Crippen MR) is 100 cm³/mol. The van der Waals surface area contributed by atoms with E-state index >= 15 is 0 Å². The molecule has 3 aromatic rings. The SMILES string of the molecule is CS(=O)(=O)c1ccc(-c2cccc(OC(=O)CCCc3ncco3)c2)cc1. The highest BCUT2D eigenvalue weighted by Crippen LogP contribution is 2.25. The Hall–Kier alpha value is -2.93. The zero-order chi connectivity index (χ0) is 19.3. The lowest BCUT2D eigenvalue weighted by Crippen LogP contribution is -2.08. The molecule has 0 radical (unpaired) electrons. The molecule has 0 N–H and O–H groups in total. The molecule has 0 amide bonds. The minimum absolute atomic E-state index is 0.260. The Labute approximate surface area is 157 Å². The maximum atomic E-state index is 12.0. The number of aryl methyl sites for hydroxylation is 1. The molecule has 2 aromatic carbocycles. The van der Waals surface area contributed by atoms with Crippen molar-refractivity contribution in [1.29, 1.82) is 0 Å². The van der Waals surface area contributed by atoms with Crippen molar-refractivity contribution >= 4 is 15.8 Å². The number of hydrogen-bond acceptors (Lipinski definition) is 6. The van der Waals surface area contributed by atoms with E-state index in [0.717, 1.165) is 11.1 Å². The van der Waals surface area contributed by atoms with Crippen LogP contribution in [-0.4, -0.2) is 25.6 Å². The highest BCUT2D eigenvalue weighted by Gasteiger charge is 2.09. The van der Waals surface area contributed by atoms with Crippen LogP contribution in [0.1, 0.15) is 18.7 Å². The predicted octanol–water partition coefficient (Wildman–Crippen LogP) is 3.67. The van der Waals surface area contributed by atoms with Crippen molar-refractivity contribution in [3.8, 4) is 16.9 Å². The average molecular weight is 385 g/mol. The zero-order valence-corrected chi connectivity index (χ0v) is 15.6. The Morgan fingerprint density at radius 2 is 1.89 bits per heavy atom. The van der Waals surface area contributed by atoms with Gasteiger partial charge in [-0.2, -0.15) is 0 Å². The quantitative estimate of drug-likeness (QED) is 0.456. The van der Waals surface area contributed by atoms with Gasteiger partial charge in [0.2, 0.25) is 0 Å². The van der Waals surface area contributed by atoms with Gasteiger partial charge >= 0.3 is 5.97 Å². The van der Waals surface area contributed by atoms with E-state index in [1.807, 2.05) is 6.07 Å². The lowest BCUT2D eigenvalue weighted by atomic mass is 10.1. The molecule has 0 aliphatic heterocycles. The molecule has 1 aromatic heterocycles. The first-order valence-corrected chi connectivity index (χ1v) is 10.3. The molecule has 0 spiro atoms. The third-order valence-corrected chi connectivity index (χ3v) is 5.07. The van der Waals surface area contributed by atoms with Crippen LogP contribution in [-0.2, 0) is 21.1 Å². The molecule has 0 atom stereocenters. The highest BCUT2D eigenvalue weighted by atomic mass is 32.2. The number of sulfone groups is 1. The van der Waals surface area contributed by atoms with Crippen molar-refractivity contribution in [2.45, 2.75) is 24.2 Å². The largest absolute Gasteiger partial charge is 0.449 e.